The number of allylic oxidation sites excluding steroid dienone is 6. The van der Waals surface area contributed by atoms with Crippen molar-refractivity contribution in [2.24, 2.45) is 35.5 Å². The summed E-state index contributed by atoms with van der Waals surface area (Å²) in [5, 5.41) is 0. The van der Waals surface area contributed by atoms with E-state index in [0.29, 0.717) is 12.8 Å². The first-order chi connectivity index (χ1) is 15.9. The number of carbonyl (C=O) groups is 2. The Balaban J connectivity index is 1.57. The topological polar surface area (TPSA) is 52.6 Å². The first-order valence-electron chi connectivity index (χ1n) is 12.8. The maximum atomic E-state index is 13.7. The van der Waals surface area contributed by atoms with Gasteiger partial charge in [-0.25, -0.2) is 0 Å². The maximum absolute atomic E-state index is 13.7. The second-order valence-corrected chi connectivity index (χ2v) is 9.98. The van der Waals surface area contributed by atoms with Crippen LogP contribution < -0.4 is 0 Å². The van der Waals surface area contributed by atoms with Crippen LogP contribution in [-0.4, -0.2) is 23.1 Å². The lowest BCUT2D eigenvalue weighted by atomic mass is 9.78. The van der Waals surface area contributed by atoms with Gasteiger partial charge < -0.3 is 9.47 Å². The monoisotopic (exact) mass is 450 g/mol. The molecule has 0 aromatic carbocycles. The number of rotatable bonds is 8. The molecule has 2 bridgehead atoms. The highest BCUT2D eigenvalue weighted by molar-refractivity contribution is 5.85. The number of hydrogen-bond donors (Lipinski definition) is 0. The average Bonchev–Trinajstić information content (AvgIpc) is 3.46. The second kappa shape index (κ2) is 9.48. The number of ether oxygens (including phenoxy) is 2. The molecule has 33 heavy (non-hydrogen) atoms. The van der Waals surface area contributed by atoms with Gasteiger partial charge in [0, 0.05) is 11.8 Å². The van der Waals surface area contributed by atoms with E-state index in [0.717, 1.165) is 19.3 Å². The summed E-state index contributed by atoms with van der Waals surface area (Å²) >= 11 is 0. The molecule has 4 nitrogen and oxygen atoms in total. The van der Waals surface area contributed by atoms with Crippen molar-refractivity contribution in [3.8, 4) is 0 Å². The van der Waals surface area contributed by atoms with Crippen molar-refractivity contribution in [1.29, 1.82) is 0 Å². The summed E-state index contributed by atoms with van der Waals surface area (Å²) < 4.78 is 12.6. The zero-order chi connectivity index (χ0) is 23.6. The van der Waals surface area contributed by atoms with Gasteiger partial charge in [0.05, 0.1) is 11.8 Å². The van der Waals surface area contributed by atoms with E-state index in [1.807, 2.05) is 36.5 Å². The SMILES string of the molecule is CCC1C=CC=CC1(CC)OC(=O)C1C2C=CC(C2)C1C(=O)OC1(CC)C=CC=CC1CC. The fourth-order valence-corrected chi connectivity index (χ4v) is 6.47. The van der Waals surface area contributed by atoms with Crippen LogP contribution in [0.1, 0.15) is 59.8 Å². The molecule has 0 spiro atoms. The van der Waals surface area contributed by atoms with Gasteiger partial charge in [-0.15, -0.1) is 0 Å². The minimum absolute atomic E-state index is 0.0403. The summed E-state index contributed by atoms with van der Waals surface area (Å²) in [5.41, 5.74) is -1.29. The van der Waals surface area contributed by atoms with Crippen molar-refractivity contribution < 1.29 is 19.1 Å². The van der Waals surface area contributed by atoms with E-state index >= 15 is 0 Å². The lowest BCUT2D eigenvalue weighted by molar-refractivity contribution is -0.178. The van der Waals surface area contributed by atoms with Crippen LogP contribution in [0.4, 0.5) is 0 Å². The van der Waals surface area contributed by atoms with Crippen LogP contribution in [-0.2, 0) is 19.1 Å². The van der Waals surface area contributed by atoms with Crippen LogP contribution in [0.3, 0.4) is 0 Å². The molecule has 0 amide bonds. The molecule has 4 aliphatic rings. The zero-order valence-corrected chi connectivity index (χ0v) is 20.4. The minimum Gasteiger partial charge on any atom is -0.454 e. The van der Waals surface area contributed by atoms with Gasteiger partial charge in [0.2, 0.25) is 0 Å². The predicted octanol–water partition coefficient (Wildman–Crippen LogP) is 6.11. The molecule has 0 N–H and O–H groups in total. The van der Waals surface area contributed by atoms with Gasteiger partial charge in [-0.1, -0.05) is 76.3 Å². The Bertz CT molecular complexity index is 837. The Labute approximate surface area is 198 Å². The van der Waals surface area contributed by atoms with Crippen molar-refractivity contribution in [2.75, 3.05) is 0 Å². The lowest BCUT2D eigenvalue weighted by Crippen LogP contribution is -2.47. The third-order valence-corrected chi connectivity index (χ3v) is 8.49. The molecule has 4 rings (SSSR count). The first-order valence-corrected chi connectivity index (χ1v) is 12.8. The summed E-state index contributed by atoms with van der Waals surface area (Å²) in [7, 11) is 0. The quantitative estimate of drug-likeness (QED) is 0.330. The van der Waals surface area contributed by atoms with Crippen molar-refractivity contribution in [3.63, 3.8) is 0 Å². The molecule has 0 aromatic heterocycles. The Morgan fingerprint density at radius 1 is 0.697 bits per heavy atom. The lowest BCUT2D eigenvalue weighted by Gasteiger charge is -2.40. The van der Waals surface area contributed by atoms with E-state index in [-0.39, 0.29) is 35.6 Å². The zero-order valence-electron chi connectivity index (χ0n) is 20.4. The van der Waals surface area contributed by atoms with Gasteiger partial charge in [0.25, 0.3) is 0 Å². The van der Waals surface area contributed by atoms with Gasteiger partial charge in [0.15, 0.2) is 0 Å². The molecule has 178 valence electrons. The first kappa shape index (κ1) is 23.8. The van der Waals surface area contributed by atoms with Gasteiger partial charge in [0.1, 0.15) is 11.2 Å². The summed E-state index contributed by atoms with van der Waals surface area (Å²) in [6, 6.07) is 0. The van der Waals surface area contributed by atoms with Gasteiger partial charge in [-0.05, 0) is 56.1 Å². The Kier molecular flexibility index (Phi) is 6.83. The number of esters is 2. The van der Waals surface area contributed by atoms with Crippen molar-refractivity contribution in [2.45, 2.75) is 71.0 Å². The fourth-order valence-electron chi connectivity index (χ4n) is 6.47. The highest BCUT2D eigenvalue weighted by atomic mass is 16.6. The predicted molar refractivity (Wildman–Crippen MR) is 130 cm³/mol. The summed E-state index contributed by atoms with van der Waals surface area (Å²) in [4.78, 5) is 27.3. The Morgan fingerprint density at radius 3 is 1.48 bits per heavy atom. The van der Waals surface area contributed by atoms with E-state index in [1.54, 1.807) is 0 Å². The minimum atomic E-state index is -0.643. The normalized spacial score (nSPS) is 40.4. The van der Waals surface area contributed by atoms with E-state index in [2.05, 4.69) is 52.0 Å². The summed E-state index contributed by atoms with van der Waals surface area (Å²) in [5.74, 6) is -1.12. The largest absolute Gasteiger partial charge is 0.454 e. The molecule has 0 heterocycles. The molecular weight excluding hydrogens is 412 g/mol. The third-order valence-electron chi connectivity index (χ3n) is 8.49. The molecule has 8 unspecified atom stereocenters. The van der Waals surface area contributed by atoms with E-state index in [9.17, 15) is 9.59 Å². The highest BCUT2D eigenvalue weighted by Gasteiger charge is 2.55. The number of carbonyl (C=O) groups excluding carboxylic acids is 2. The maximum Gasteiger partial charge on any atom is 0.311 e. The van der Waals surface area contributed by atoms with Crippen LogP contribution in [0.2, 0.25) is 0 Å². The molecule has 4 heteroatoms. The van der Waals surface area contributed by atoms with Crippen molar-refractivity contribution in [3.05, 3.63) is 60.8 Å². The molecular formula is C29H38O4. The van der Waals surface area contributed by atoms with Crippen LogP contribution in [0, 0.1) is 35.5 Å². The summed E-state index contributed by atoms with van der Waals surface area (Å²) in [6.07, 6.45) is 24.5. The molecule has 1 saturated carbocycles. The fraction of sp³-hybridized carbons (Fsp3) is 0.586. The van der Waals surface area contributed by atoms with Gasteiger partial charge in [-0.3, -0.25) is 9.59 Å². The van der Waals surface area contributed by atoms with Crippen LogP contribution >= 0.6 is 0 Å². The molecule has 0 radical (unpaired) electrons. The van der Waals surface area contributed by atoms with Crippen LogP contribution in [0.25, 0.3) is 0 Å². The van der Waals surface area contributed by atoms with E-state index < -0.39 is 23.0 Å². The molecule has 0 saturated heterocycles. The highest BCUT2D eigenvalue weighted by Crippen LogP contribution is 2.51. The molecule has 8 atom stereocenters. The third kappa shape index (κ3) is 4.06. The smallest absolute Gasteiger partial charge is 0.311 e. The van der Waals surface area contributed by atoms with E-state index in [4.69, 9.17) is 9.47 Å². The van der Waals surface area contributed by atoms with Gasteiger partial charge >= 0.3 is 11.9 Å². The molecule has 1 fully saturated rings. The number of fused-ring (bicyclic) bond motifs is 2. The van der Waals surface area contributed by atoms with Crippen molar-refractivity contribution >= 4 is 11.9 Å². The molecule has 0 aromatic rings. The van der Waals surface area contributed by atoms with E-state index in [1.165, 1.54) is 0 Å². The average molecular weight is 451 g/mol. The summed E-state index contributed by atoms with van der Waals surface area (Å²) in [6.45, 7) is 8.36. The number of hydrogen-bond acceptors (Lipinski definition) is 4. The van der Waals surface area contributed by atoms with Crippen LogP contribution in [0.5, 0.6) is 0 Å². The molecule has 4 aliphatic carbocycles. The van der Waals surface area contributed by atoms with Crippen LogP contribution in [0.15, 0.2) is 60.8 Å². The Hall–Kier alpha value is -2.36. The Morgan fingerprint density at radius 2 is 1.12 bits per heavy atom. The second-order valence-electron chi connectivity index (χ2n) is 9.98. The standard InChI is InChI=1S/C29H38O4/c1-5-22-13-9-11-17-28(22,7-3)32-26(30)24-20-15-16-21(19-20)25(24)27(31)33-29(8-4)18-12-10-14-23(29)6-2/h9-18,20-25H,5-8,19H2,1-4H3. The van der Waals surface area contributed by atoms with Gasteiger partial charge in [-0.2, -0.15) is 0 Å². The molecule has 0 aliphatic heterocycles. The van der Waals surface area contributed by atoms with Crippen molar-refractivity contribution in [1.82, 2.24) is 0 Å².